The zero-order valence-corrected chi connectivity index (χ0v) is 16.5. The predicted molar refractivity (Wildman–Crippen MR) is 109 cm³/mol. The second-order valence-electron chi connectivity index (χ2n) is 5.87. The zero-order valence-electron chi connectivity index (χ0n) is 16.5. The molecule has 2 rings (SSSR count). The molecule has 0 radical (unpaired) electrons. The Bertz CT molecular complexity index is 747. The first kappa shape index (κ1) is 20.4. The molecule has 0 spiro atoms. The lowest BCUT2D eigenvalue weighted by Crippen LogP contribution is -2.38. The molecule has 2 aromatic carbocycles. The van der Waals surface area contributed by atoms with E-state index in [0.717, 1.165) is 48.3 Å². The number of hydrogen-bond acceptors (Lipinski definition) is 4. The highest BCUT2D eigenvalue weighted by molar-refractivity contribution is 5.79. The van der Waals surface area contributed by atoms with Crippen LogP contribution in [0.15, 0.2) is 47.5 Å². The number of para-hydroxylation sites is 1. The standard InChI is InChI=1S/C21H29N3O3/c1-5-22-21(24-15-17-8-6-7-9-18(17)25-2)23-13-12-16-10-11-19(26-3)20(14-16)27-4/h6-11,14H,5,12-13,15H2,1-4H3,(H2,22,23,24). The number of rotatable bonds is 9. The summed E-state index contributed by atoms with van der Waals surface area (Å²) in [5.74, 6) is 3.11. The van der Waals surface area contributed by atoms with E-state index in [4.69, 9.17) is 14.2 Å². The summed E-state index contributed by atoms with van der Waals surface area (Å²) in [5, 5.41) is 6.64. The summed E-state index contributed by atoms with van der Waals surface area (Å²) >= 11 is 0. The molecule has 0 aliphatic heterocycles. The van der Waals surface area contributed by atoms with Crippen molar-refractivity contribution in [3.05, 3.63) is 53.6 Å². The van der Waals surface area contributed by atoms with Gasteiger partial charge in [0.1, 0.15) is 5.75 Å². The maximum Gasteiger partial charge on any atom is 0.191 e. The maximum absolute atomic E-state index is 5.39. The lowest BCUT2D eigenvalue weighted by Gasteiger charge is -2.13. The van der Waals surface area contributed by atoms with Gasteiger partial charge in [0.15, 0.2) is 17.5 Å². The topological polar surface area (TPSA) is 64.1 Å². The van der Waals surface area contributed by atoms with E-state index < -0.39 is 0 Å². The summed E-state index contributed by atoms with van der Waals surface area (Å²) in [4.78, 5) is 4.65. The molecule has 146 valence electrons. The molecule has 0 aliphatic carbocycles. The van der Waals surface area contributed by atoms with E-state index in [2.05, 4.69) is 22.5 Å². The fourth-order valence-electron chi connectivity index (χ4n) is 2.70. The van der Waals surface area contributed by atoms with Gasteiger partial charge in [-0.05, 0) is 37.1 Å². The average molecular weight is 371 g/mol. The van der Waals surface area contributed by atoms with E-state index in [1.165, 1.54) is 5.56 Å². The summed E-state index contributed by atoms with van der Waals surface area (Å²) in [5.41, 5.74) is 2.22. The Balaban J connectivity index is 1.96. The van der Waals surface area contributed by atoms with Crippen LogP contribution < -0.4 is 24.8 Å². The minimum absolute atomic E-state index is 0.551. The third-order valence-corrected chi connectivity index (χ3v) is 4.10. The molecule has 2 N–H and O–H groups in total. The van der Waals surface area contributed by atoms with Crippen LogP contribution in [0.5, 0.6) is 17.2 Å². The van der Waals surface area contributed by atoms with Gasteiger partial charge in [-0.3, -0.25) is 0 Å². The second-order valence-corrected chi connectivity index (χ2v) is 5.87. The molecule has 27 heavy (non-hydrogen) atoms. The van der Waals surface area contributed by atoms with E-state index in [1.54, 1.807) is 21.3 Å². The van der Waals surface area contributed by atoms with E-state index in [9.17, 15) is 0 Å². The first-order valence-electron chi connectivity index (χ1n) is 9.06. The second kappa shape index (κ2) is 11.0. The number of hydrogen-bond donors (Lipinski definition) is 2. The normalized spacial score (nSPS) is 11.0. The third kappa shape index (κ3) is 6.09. The van der Waals surface area contributed by atoms with Crippen molar-refractivity contribution in [1.82, 2.24) is 10.6 Å². The molecule has 0 saturated carbocycles. The Morgan fingerprint density at radius 3 is 2.33 bits per heavy atom. The van der Waals surface area contributed by atoms with Crippen molar-refractivity contribution in [2.75, 3.05) is 34.4 Å². The lowest BCUT2D eigenvalue weighted by molar-refractivity contribution is 0.354. The SMILES string of the molecule is CCNC(=NCc1ccccc1OC)NCCc1ccc(OC)c(OC)c1. The lowest BCUT2D eigenvalue weighted by atomic mass is 10.1. The minimum Gasteiger partial charge on any atom is -0.496 e. The van der Waals surface area contributed by atoms with Crippen molar-refractivity contribution >= 4 is 5.96 Å². The van der Waals surface area contributed by atoms with Crippen LogP contribution >= 0.6 is 0 Å². The summed E-state index contributed by atoms with van der Waals surface area (Å²) in [6, 6.07) is 13.9. The van der Waals surface area contributed by atoms with Crippen LogP contribution in [0, 0.1) is 0 Å². The van der Waals surface area contributed by atoms with Crippen molar-refractivity contribution in [3.63, 3.8) is 0 Å². The fourth-order valence-corrected chi connectivity index (χ4v) is 2.70. The van der Waals surface area contributed by atoms with Crippen molar-refractivity contribution in [1.29, 1.82) is 0 Å². The predicted octanol–water partition coefficient (Wildman–Crippen LogP) is 3.01. The van der Waals surface area contributed by atoms with Crippen molar-refractivity contribution < 1.29 is 14.2 Å². The molecule has 0 saturated heterocycles. The molecule has 0 aromatic heterocycles. The van der Waals surface area contributed by atoms with Crippen LogP contribution in [0.4, 0.5) is 0 Å². The van der Waals surface area contributed by atoms with Crippen LogP contribution in [-0.2, 0) is 13.0 Å². The molecule has 0 aliphatic rings. The molecule has 0 amide bonds. The molecule has 0 fully saturated rings. The van der Waals surface area contributed by atoms with Crippen molar-refractivity contribution in [2.45, 2.75) is 19.9 Å². The highest BCUT2D eigenvalue weighted by Crippen LogP contribution is 2.27. The quantitative estimate of drug-likeness (QED) is 0.524. The Labute approximate surface area is 161 Å². The van der Waals surface area contributed by atoms with Gasteiger partial charge in [-0.15, -0.1) is 0 Å². The van der Waals surface area contributed by atoms with Gasteiger partial charge < -0.3 is 24.8 Å². The Morgan fingerprint density at radius 1 is 0.889 bits per heavy atom. The molecule has 2 aromatic rings. The third-order valence-electron chi connectivity index (χ3n) is 4.10. The van der Waals surface area contributed by atoms with Gasteiger partial charge >= 0.3 is 0 Å². The molecule has 0 unspecified atom stereocenters. The Kier molecular flexibility index (Phi) is 8.29. The molecule has 6 heteroatoms. The van der Waals surface area contributed by atoms with Gasteiger partial charge in [0.05, 0.1) is 27.9 Å². The Hall–Kier alpha value is -2.89. The number of benzene rings is 2. The molecule has 6 nitrogen and oxygen atoms in total. The van der Waals surface area contributed by atoms with Crippen LogP contribution in [0.1, 0.15) is 18.1 Å². The summed E-state index contributed by atoms with van der Waals surface area (Å²) in [6.45, 7) is 4.16. The number of nitrogens with one attached hydrogen (secondary N) is 2. The number of guanidine groups is 1. The molecule has 0 heterocycles. The smallest absolute Gasteiger partial charge is 0.191 e. The summed E-state index contributed by atoms with van der Waals surface area (Å²) < 4.78 is 16.0. The first-order valence-corrected chi connectivity index (χ1v) is 9.06. The Morgan fingerprint density at radius 2 is 1.63 bits per heavy atom. The van der Waals surface area contributed by atoms with Gasteiger partial charge in [-0.25, -0.2) is 4.99 Å². The van der Waals surface area contributed by atoms with Gasteiger partial charge in [0, 0.05) is 18.7 Å². The number of nitrogens with zero attached hydrogens (tertiary/aromatic N) is 1. The van der Waals surface area contributed by atoms with Gasteiger partial charge in [-0.1, -0.05) is 24.3 Å². The number of ether oxygens (including phenoxy) is 3. The van der Waals surface area contributed by atoms with Crippen LogP contribution in [0.3, 0.4) is 0 Å². The van der Waals surface area contributed by atoms with Gasteiger partial charge in [0.2, 0.25) is 0 Å². The molecular weight excluding hydrogens is 342 g/mol. The van der Waals surface area contributed by atoms with Crippen LogP contribution in [0.2, 0.25) is 0 Å². The minimum atomic E-state index is 0.551. The van der Waals surface area contributed by atoms with Crippen molar-refractivity contribution in [2.24, 2.45) is 4.99 Å². The number of methoxy groups -OCH3 is 3. The molecule has 0 atom stereocenters. The van der Waals surface area contributed by atoms with E-state index >= 15 is 0 Å². The van der Waals surface area contributed by atoms with E-state index in [0.29, 0.717) is 6.54 Å². The highest BCUT2D eigenvalue weighted by Gasteiger charge is 2.05. The molecule has 0 bridgehead atoms. The first-order chi connectivity index (χ1) is 13.2. The van der Waals surface area contributed by atoms with Crippen LogP contribution in [-0.4, -0.2) is 40.4 Å². The highest BCUT2D eigenvalue weighted by atomic mass is 16.5. The van der Waals surface area contributed by atoms with Gasteiger partial charge in [-0.2, -0.15) is 0 Å². The zero-order chi connectivity index (χ0) is 19.5. The number of aliphatic imine (C=N–C) groups is 1. The summed E-state index contributed by atoms with van der Waals surface area (Å²) in [6.07, 6.45) is 0.847. The van der Waals surface area contributed by atoms with Gasteiger partial charge in [0.25, 0.3) is 0 Å². The fraction of sp³-hybridized carbons (Fsp3) is 0.381. The van der Waals surface area contributed by atoms with E-state index in [1.807, 2.05) is 42.5 Å². The van der Waals surface area contributed by atoms with Crippen LogP contribution in [0.25, 0.3) is 0 Å². The largest absolute Gasteiger partial charge is 0.496 e. The summed E-state index contributed by atoms with van der Waals surface area (Å²) in [7, 11) is 4.96. The van der Waals surface area contributed by atoms with E-state index in [-0.39, 0.29) is 0 Å². The monoisotopic (exact) mass is 371 g/mol. The average Bonchev–Trinajstić information content (AvgIpc) is 2.72. The molecular formula is C21H29N3O3. The maximum atomic E-state index is 5.39. The van der Waals surface area contributed by atoms with Crippen molar-refractivity contribution in [3.8, 4) is 17.2 Å².